The van der Waals surface area contributed by atoms with Crippen molar-refractivity contribution in [2.24, 2.45) is 0 Å². The maximum absolute atomic E-state index is 11.9. The number of aliphatic carboxylic acids is 1. The third-order valence-corrected chi connectivity index (χ3v) is 6.53. The number of nitrogens with zero attached hydrogens (tertiary/aromatic N) is 2. The highest BCUT2D eigenvalue weighted by Crippen LogP contribution is 2.27. The van der Waals surface area contributed by atoms with Gasteiger partial charge < -0.3 is 5.11 Å². The summed E-state index contributed by atoms with van der Waals surface area (Å²) in [5, 5.41) is 17.6. The van der Waals surface area contributed by atoms with E-state index in [1.165, 1.54) is 6.07 Å². The van der Waals surface area contributed by atoms with Gasteiger partial charge in [-0.1, -0.05) is 29.2 Å². The molecule has 0 amide bonds. The Kier molecular flexibility index (Phi) is 4.39. The molecule has 0 aliphatic carbocycles. The molecule has 2 heterocycles. The third-order valence-electron chi connectivity index (χ3n) is 1.71. The summed E-state index contributed by atoms with van der Waals surface area (Å²) in [5.74, 6) is -1.12. The molecule has 0 saturated heterocycles. The molecule has 2 aromatic heterocycles. The number of hydrogen-bond acceptors (Lipinski definition) is 8. The van der Waals surface area contributed by atoms with Crippen molar-refractivity contribution in [2.45, 2.75) is 8.55 Å². The molecule has 0 aliphatic rings. The topological polar surface area (TPSA) is 109 Å². The van der Waals surface area contributed by atoms with E-state index in [-0.39, 0.29) is 15.1 Å². The summed E-state index contributed by atoms with van der Waals surface area (Å²) in [6.45, 7) is 0. The van der Waals surface area contributed by atoms with Crippen LogP contribution < -0.4 is 4.72 Å². The van der Waals surface area contributed by atoms with E-state index in [0.29, 0.717) is 4.34 Å². The fourth-order valence-corrected chi connectivity index (χ4v) is 4.71. The third kappa shape index (κ3) is 3.89. The summed E-state index contributed by atoms with van der Waals surface area (Å²) in [4.78, 5) is 10.4. The molecular formula is C8H7N3O4S4. The second-order valence-corrected chi connectivity index (χ2v) is 8.15. The predicted octanol–water partition coefficient (Wildman–Crippen LogP) is 1.58. The van der Waals surface area contributed by atoms with Crippen molar-refractivity contribution in [1.82, 2.24) is 10.2 Å². The van der Waals surface area contributed by atoms with Gasteiger partial charge in [-0.2, -0.15) is 0 Å². The molecule has 2 N–H and O–H groups in total. The first-order valence-electron chi connectivity index (χ1n) is 4.72. The Hall–Kier alpha value is -1.17. The van der Waals surface area contributed by atoms with Crippen LogP contribution in [-0.2, 0) is 14.8 Å². The van der Waals surface area contributed by atoms with Crippen molar-refractivity contribution in [3.63, 3.8) is 0 Å². The summed E-state index contributed by atoms with van der Waals surface area (Å²) >= 11 is 3.07. The monoisotopic (exact) mass is 337 g/mol. The zero-order chi connectivity index (χ0) is 13.9. The van der Waals surface area contributed by atoms with Gasteiger partial charge in [-0.05, 0) is 11.4 Å². The average Bonchev–Trinajstić information content (AvgIpc) is 2.96. The van der Waals surface area contributed by atoms with Crippen LogP contribution in [0.2, 0.25) is 0 Å². The molecule has 11 heteroatoms. The van der Waals surface area contributed by atoms with Crippen LogP contribution in [0.1, 0.15) is 0 Å². The Labute approximate surface area is 120 Å². The Bertz CT molecular complexity index is 664. The number of rotatable bonds is 6. The Balaban J connectivity index is 2.06. The quantitative estimate of drug-likeness (QED) is 0.770. The molecule has 2 aromatic rings. The van der Waals surface area contributed by atoms with Crippen molar-refractivity contribution < 1.29 is 18.3 Å². The molecule has 2 rings (SSSR count). The van der Waals surface area contributed by atoms with Gasteiger partial charge in [0.1, 0.15) is 4.21 Å². The largest absolute Gasteiger partial charge is 0.481 e. The van der Waals surface area contributed by atoms with E-state index in [1.54, 1.807) is 11.4 Å². The van der Waals surface area contributed by atoms with Gasteiger partial charge in [-0.25, -0.2) is 8.42 Å². The number of thiophene rings is 1. The Morgan fingerprint density at radius 3 is 2.89 bits per heavy atom. The summed E-state index contributed by atoms with van der Waals surface area (Å²) in [6.07, 6.45) is 0. The van der Waals surface area contributed by atoms with Crippen LogP contribution in [-0.4, -0.2) is 35.4 Å². The van der Waals surface area contributed by atoms with Gasteiger partial charge in [-0.3, -0.25) is 9.52 Å². The molecule has 0 bridgehead atoms. The molecule has 0 atom stereocenters. The lowest BCUT2D eigenvalue weighted by Gasteiger charge is -2.00. The van der Waals surface area contributed by atoms with Gasteiger partial charge in [-0.15, -0.1) is 21.5 Å². The van der Waals surface area contributed by atoms with Crippen LogP contribution in [0.5, 0.6) is 0 Å². The Morgan fingerprint density at radius 1 is 1.47 bits per heavy atom. The van der Waals surface area contributed by atoms with E-state index in [4.69, 9.17) is 5.11 Å². The summed E-state index contributed by atoms with van der Waals surface area (Å²) < 4.78 is 26.6. The highest BCUT2D eigenvalue weighted by Gasteiger charge is 2.18. The van der Waals surface area contributed by atoms with Crippen molar-refractivity contribution in [1.29, 1.82) is 0 Å². The molecule has 0 aromatic carbocycles. The first-order valence-corrected chi connectivity index (χ1v) is 8.88. The molecule has 0 aliphatic heterocycles. The van der Waals surface area contributed by atoms with Gasteiger partial charge in [0.2, 0.25) is 5.13 Å². The zero-order valence-corrected chi connectivity index (χ0v) is 12.4. The lowest BCUT2D eigenvalue weighted by Crippen LogP contribution is -2.11. The van der Waals surface area contributed by atoms with E-state index < -0.39 is 16.0 Å². The molecule has 7 nitrogen and oxygen atoms in total. The first-order chi connectivity index (χ1) is 8.97. The second kappa shape index (κ2) is 5.86. The lowest BCUT2D eigenvalue weighted by molar-refractivity contribution is -0.133. The minimum absolute atomic E-state index is 0.112. The van der Waals surface area contributed by atoms with E-state index in [1.807, 2.05) is 0 Å². The number of carboxylic acids is 1. The minimum Gasteiger partial charge on any atom is -0.481 e. The van der Waals surface area contributed by atoms with Gasteiger partial charge in [0.05, 0.1) is 5.75 Å². The van der Waals surface area contributed by atoms with Gasteiger partial charge >= 0.3 is 5.97 Å². The number of nitrogens with one attached hydrogen (secondary N) is 1. The number of carboxylic acid groups (broad SMARTS) is 1. The Morgan fingerprint density at radius 2 is 2.26 bits per heavy atom. The van der Waals surface area contributed by atoms with Crippen molar-refractivity contribution in [3.8, 4) is 0 Å². The highest BCUT2D eigenvalue weighted by molar-refractivity contribution is 8.01. The highest BCUT2D eigenvalue weighted by atomic mass is 32.2. The first kappa shape index (κ1) is 14.2. The van der Waals surface area contributed by atoms with Gasteiger partial charge in [0.15, 0.2) is 4.34 Å². The number of hydrogen-bond donors (Lipinski definition) is 2. The fourth-order valence-electron chi connectivity index (χ4n) is 1.01. The summed E-state index contributed by atoms with van der Waals surface area (Å²) in [5.41, 5.74) is 0. The van der Waals surface area contributed by atoms with Crippen LogP contribution in [0, 0.1) is 0 Å². The van der Waals surface area contributed by atoms with Crippen LogP contribution in [0.15, 0.2) is 26.1 Å². The molecule has 0 saturated carbocycles. The van der Waals surface area contributed by atoms with Crippen LogP contribution in [0.4, 0.5) is 5.13 Å². The van der Waals surface area contributed by atoms with E-state index in [0.717, 1.165) is 34.4 Å². The molecule has 0 unspecified atom stereocenters. The molecule has 102 valence electrons. The molecule has 19 heavy (non-hydrogen) atoms. The summed E-state index contributed by atoms with van der Waals surface area (Å²) in [7, 11) is -3.64. The van der Waals surface area contributed by atoms with Crippen molar-refractivity contribution >= 4 is 55.6 Å². The number of sulfonamides is 1. The minimum atomic E-state index is -3.64. The zero-order valence-electron chi connectivity index (χ0n) is 9.14. The van der Waals surface area contributed by atoms with Crippen molar-refractivity contribution in [3.05, 3.63) is 17.5 Å². The van der Waals surface area contributed by atoms with Crippen molar-refractivity contribution in [2.75, 3.05) is 10.5 Å². The van der Waals surface area contributed by atoms with Crippen LogP contribution in [0.25, 0.3) is 0 Å². The second-order valence-electron chi connectivity index (χ2n) is 3.09. The van der Waals surface area contributed by atoms with E-state index >= 15 is 0 Å². The molecule has 0 radical (unpaired) electrons. The number of carbonyl (C=O) groups is 1. The van der Waals surface area contributed by atoms with E-state index in [2.05, 4.69) is 14.9 Å². The fraction of sp³-hybridized carbons (Fsp3) is 0.125. The smallest absolute Gasteiger partial charge is 0.313 e. The van der Waals surface area contributed by atoms with Crippen LogP contribution in [0.3, 0.4) is 0 Å². The maximum Gasteiger partial charge on any atom is 0.313 e. The SMILES string of the molecule is O=C(O)CSc1nnc(NS(=O)(=O)c2cccs2)s1. The lowest BCUT2D eigenvalue weighted by atomic mass is 10.7. The molecular weight excluding hydrogens is 330 g/mol. The maximum atomic E-state index is 11.9. The number of aromatic nitrogens is 2. The summed E-state index contributed by atoms with van der Waals surface area (Å²) in [6, 6.07) is 3.11. The average molecular weight is 337 g/mol. The number of thioether (sulfide) groups is 1. The molecule has 0 fully saturated rings. The normalized spacial score (nSPS) is 11.4. The van der Waals surface area contributed by atoms with Crippen LogP contribution >= 0.6 is 34.4 Å². The van der Waals surface area contributed by atoms with Gasteiger partial charge in [0, 0.05) is 0 Å². The van der Waals surface area contributed by atoms with E-state index in [9.17, 15) is 13.2 Å². The molecule has 0 spiro atoms. The van der Waals surface area contributed by atoms with Gasteiger partial charge in [0.25, 0.3) is 10.0 Å². The number of anilines is 1. The predicted molar refractivity (Wildman–Crippen MR) is 73.4 cm³/mol. The standard InChI is InChI=1S/C8H7N3O4S4/c12-5(13)4-17-8-10-9-7(18-8)11-19(14,15)6-2-1-3-16-6/h1-3H,4H2,(H,9,11)(H,12,13).